The van der Waals surface area contributed by atoms with Crippen LogP contribution in [0.3, 0.4) is 0 Å². The van der Waals surface area contributed by atoms with Gasteiger partial charge in [-0.05, 0) is 5.92 Å². The van der Waals surface area contributed by atoms with Crippen molar-refractivity contribution in [1.29, 1.82) is 0 Å². The fourth-order valence-corrected chi connectivity index (χ4v) is 0.285. The summed E-state index contributed by atoms with van der Waals surface area (Å²) in [4.78, 5) is 19.3. The number of hydrogen-bond acceptors (Lipinski definition) is 4. The Hall–Kier alpha value is -1.14. The minimum Gasteiger partial charge on any atom is -0.480 e. The summed E-state index contributed by atoms with van der Waals surface area (Å²) in [5, 5.41) is 15.8. The first kappa shape index (κ1) is 14.4. The Morgan fingerprint density at radius 3 is 1.62 bits per heavy atom. The van der Waals surface area contributed by atoms with Crippen LogP contribution in [-0.4, -0.2) is 34.7 Å². The maximum Gasteiger partial charge on any atom is 0.320 e. The molecule has 0 aromatic carbocycles. The van der Waals surface area contributed by atoms with E-state index in [9.17, 15) is 9.59 Å². The number of rotatable bonds is 3. The van der Waals surface area contributed by atoms with Gasteiger partial charge in [-0.1, -0.05) is 13.8 Å². The zero-order valence-corrected chi connectivity index (χ0v) is 7.73. The molecule has 6 nitrogen and oxygen atoms in total. The molecular formula is C7H16N2O4. The number of carboxylic acid groups (broad SMARTS) is 2. The molecule has 0 amide bonds. The van der Waals surface area contributed by atoms with Crippen LogP contribution in [0.15, 0.2) is 0 Å². The fourth-order valence-electron chi connectivity index (χ4n) is 0.285. The van der Waals surface area contributed by atoms with Gasteiger partial charge < -0.3 is 21.7 Å². The molecule has 0 fully saturated rings. The molecule has 78 valence electrons. The van der Waals surface area contributed by atoms with E-state index >= 15 is 0 Å². The van der Waals surface area contributed by atoms with Crippen LogP contribution in [-0.2, 0) is 9.59 Å². The van der Waals surface area contributed by atoms with Crippen molar-refractivity contribution in [3.8, 4) is 0 Å². The molecule has 0 bridgehead atoms. The lowest BCUT2D eigenvalue weighted by Crippen LogP contribution is -2.34. The normalized spacial score (nSPS) is 11.5. The van der Waals surface area contributed by atoms with Crippen LogP contribution in [0.2, 0.25) is 0 Å². The fraction of sp³-hybridized carbons (Fsp3) is 0.714. The smallest absolute Gasteiger partial charge is 0.320 e. The van der Waals surface area contributed by atoms with Crippen molar-refractivity contribution in [3.63, 3.8) is 0 Å². The largest absolute Gasteiger partial charge is 0.480 e. The molecule has 0 aromatic heterocycles. The van der Waals surface area contributed by atoms with Gasteiger partial charge >= 0.3 is 11.9 Å². The van der Waals surface area contributed by atoms with Crippen molar-refractivity contribution < 1.29 is 19.8 Å². The lowest BCUT2D eigenvalue weighted by atomic mass is 10.1. The molecule has 0 saturated heterocycles. The Labute approximate surface area is 76.5 Å². The van der Waals surface area contributed by atoms with Gasteiger partial charge in [0.2, 0.25) is 0 Å². The molecule has 0 unspecified atom stereocenters. The Morgan fingerprint density at radius 1 is 1.31 bits per heavy atom. The SMILES string of the molecule is CC(C)[C@H](N)C(=O)O.NCC(=O)O. The van der Waals surface area contributed by atoms with Crippen LogP contribution in [0.5, 0.6) is 0 Å². The molecule has 0 saturated carbocycles. The van der Waals surface area contributed by atoms with Gasteiger partial charge in [-0.25, -0.2) is 0 Å². The third kappa shape index (κ3) is 10.9. The number of carbonyl (C=O) groups is 2. The average Bonchev–Trinajstić information content (AvgIpc) is 2.03. The van der Waals surface area contributed by atoms with Gasteiger partial charge in [0.15, 0.2) is 0 Å². The first-order valence-corrected chi connectivity index (χ1v) is 3.73. The highest BCUT2D eigenvalue weighted by molar-refractivity contribution is 5.73. The van der Waals surface area contributed by atoms with Gasteiger partial charge in [0.1, 0.15) is 6.04 Å². The zero-order valence-electron chi connectivity index (χ0n) is 7.73. The van der Waals surface area contributed by atoms with Gasteiger partial charge in [-0.2, -0.15) is 0 Å². The molecule has 1 atom stereocenters. The molecule has 6 heteroatoms. The summed E-state index contributed by atoms with van der Waals surface area (Å²) in [6, 6.07) is -0.713. The number of nitrogens with two attached hydrogens (primary N) is 2. The summed E-state index contributed by atoms with van der Waals surface area (Å²) >= 11 is 0. The number of carboxylic acids is 2. The molecule has 0 aliphatic rings. The highest BCUT2D eigenvalue weighted by Crippen LogP contribution is 1.96. The predicted molar refractivity (Wildman–Crippen MR) is 47.1 cm³/mol. The third-order valence-corrected chi connectivity index (χ3v) is 1.18. The Kier molecular flexibility index (Phi) is 8.31. The van der Waals surface area contributed by atoms with E-state index in [0.29, 0.717) is 0 Å². The highest BCUT2D eigenvalue weighted by Gasteiger charge is 2.14. The minimum atomic E-state index is -0.968. The molecule has 6 N–H and O–H groups in total. The number of hydrogen-bond donors (Lipinski definition) is 4. The summed E-state index contributed by atoms with van der Waals surface area (Å²) in [5.74, 6) is -1.88. The summed E-state index contributed by atoms with van der Waals surface area (Å²) in [6.07, 6.45) is 0. The van der Waals surface area contributed by atoms with Crippen molar-refractivity contribution >= 4 is 11.9 Å². The van der Waals surface area contributed by atoms with Crippen LogP contribution in [0, 0.1) is 5.92 Å². The lowest BCUT2D eigenvalue weighted by molar-refractivity contribution is -0.139. The van der Waals surface area contributed by atoms with Crippen molar-refractivity contribution in [2.75, 3.05) is 6.54 Å². The molecular weight excluding hydrogens is 176 g/mol. The molecule has 0 aromatic rings. The second kappa shape index (κ2) is 7.51. The van der Waals surface area contributed by atoms with Crippen molar-refractivity contribution in [2.24, 2.45) is 17.4 Å². The molecule has 0 rings (SSSR count). The number of aliphatic carboxylic acids is 2. The van der Waals surface area contributed by atoms with Crippen molar-refractivity contribution in [2.45, 2.75) is 19.9 Å². The predicted octanol–water partition coefficient (Wildman–Crippen LogP) is -0.916. The third-order valence-electron chi connectivity index (χ3n) is 1.18. The average molecular weight is 192 g/mol. The monoisotopic (exact) mass is 192 g/mol. The van der Waals surface area contributed by atoms with Crippen molar-refractivity contribution in [1.82, 2.24) is 0 Å². The molecule has 13 heavy (non-hydrogen) atoms. The summed E-state index contributed by atoms with van der Waals surface area (Å²) in [5.41, 5.74) is 9.73. The van der Waals surface area contributed by atoms with Gasteiger partial charge in [-0.15, -0.1) is 0 Å². The second-order valence-corrected chi connectivity index (χ2v) is 2.71. The van der Waals surface area contributed by atoms with E-state index in [0.717, 1.165) is 0 Å². The van der Waals surface area contributed by atoms with E-state index in [1.165, 1.54) is 0 Å². The van der Waals surface area contributed by atoms with Crippen LogP contribution in [0.25, 0.3) is 0 Å². The van der Waals surface area contributed by atoms with Gasteiger partial charge in [0.25, 0.3) is 0 Å². The summed E-state index contributed by atoms with van der Waals surface area (Å²) < 4.78 is 0. The van der Waals surface area contributed by atoms with Gasteiger partial charge in [-0.3, -0.25) is 9.59 Å². The highest BCUT2D eigenvalue weighted by atomic mass is 16.4. The lowest BCUT2D eigenvalue weighted by Gasteiger charge is -2.07. The van der Waals surface area contributed by atoms with E-state index in [1.54, 1.807) is 13.8 Å². The Morgan fingerprint density at radius 2 is 1.62 bits per heavy atom. The molecule has 0 spiro atoms. The molecule has 0 aliphatic carbocycles. The molecule has 0 aliphatic heterocycles. The topological polar surface area (TPSA) is 127 Å². The summed E-state index contributed by atoms with van der Waals surface area (Å²) in [6.45, 7) is 3.28. The minimum absolute atomic E-state index is 0.0208. The van der Waals surface area contributed by atoms with Crippen LogP contribution >= 0.6 is 0 Å². The maximum atomic E-state index is 10.0. The maximum absolute atomic E-state index is 10.0. The van der Waals surface area contributed by atoms with E-state index in [-0.39, 0.29) is 12.5 Å². The van der Waals surface area contributed by atoms with Crippen LogP contribution in [0.4, 0.5) is 0 Å². The zero-order chi connectivity index (χ0) is 11.0. The molecule has 0 radical (unpaired) electrons. The van der Waals surface area contributed by atoms with Crippen LogP contribution < -0.4 is 11.5 Å². The second-order valence-electron chi connectivity index (χ2n) is 2.71. The van der Waals surface area contributed by atoms with E-state index < -0.39 is 18.0 Å². The van der Waals surface area contributed by atoms with E-state index in [4.69, 9.17) is 15.9 Å². The van der Waals surface area contributed by atoms with Gasteiger partial charge in [0, 0.05) is 0 Å². The quantitative estimate of drug-likeness (QED) is 0.458. The van der Waals surface area contributed by atoms with E-state index in [1.807, 2.05) is 0 Å². The van der Waals surface area contributed by atoms with E-state index in [2.05, 4.69) is 5.73 Å². The Bertz CT molecular complexity index is 170. The van der Waals surface area contributed by atoms with Crippen molar-refractivity contribution in [3.05, 3.63) is 0 Å². The summed E-state index contributed by atoms with van der Waals surface area (Å²) in [7, 11) is 0. The first-order valence-electron chi connectivity index (χ1n) is 3.73. The van der Waals surface area contributed by atoms with Crippen LogP contribution in [0.1, 0.15) is 13.8 Å². The first-order chi connectivity index (χ1) is 5.82. The molecule has 0 heterocycles. The standard InChI is InChI=1S/C5H11NO2.C2H5NO2/c1-3(2)4(6)5(7)8;3-1-2(4)5/h3-4H,6H2,1-2H3,(H,7,8);1,3H2,(H,4,5)/t4-;/m0./s1. The van der Waals surface area contributed by atoms with Gasteiger partial charge in [0.05, 0.1) is 6.54 Å². The Balaban J connectivity index is 0.